The Bertz CT molecular complexity index is 781. The molecule has 1 fully saturated rings. The molecule has 0 spiro atoms. The van der Waals surface area contributed by atoms with Gasteiger partial charge in [-0.2, -0.15) is 4.31 Å². The highest BCUT2D eigenvalue weighted by molar-refractivity contribution is 7.89. The SMILES string of the molecule is Cc1cc(F)ccc1S(=O)(=O)N1CCC(c2cnccn2)C1. The summed E-state index contributed by atoms with van der Waals surface area (Å²) in [4.78, 5) is 8.43. The van der Waals surface area contributed by atoms with E-state index >= 15 is 0 Å². The Balaban J connectivity index is 1.85. The van der Waals surface area contributed by atoms with Crippen molar-refractivity contribution >= 4 is 10.0 Å². The van der Waals surface area contributed by atoms with Crippen LogP contribution in [0.5, 0.6) is 0 Å². The van der Waals surface area contributed by atoms with E-state index in [-0.39, 0.29) is 10.8 Å². The van der Waals surface area contributed by atoms with Gasteiger partial charge in [0.2, 0.25) is 10.0 Å². The molecule has 3 rings (SSSR count). The standard InChI is InChI=1S/C15H16FN3O2S/c1-11-8-13(16)2-3-15(11)22(20,21)19-7-4-12(10-19)14-9-17-5-6-18-14/h2-3,5-6,8-9,12H,4,7,10H2,1H3. The van der Waals surface area contributed by atoms with Crippen molar-refractivity contribution in [3.63, 3.8) is 0 Å². The van der Waals surface area contributed by atoms with Gasteiger partial charge in [0.25, 0.3) is 0 Å². The minimum atomic E-state index is -3.61. The molecule has 0 aliphatic carbocycles. The molecule has 1 aliphatic heterocycles. The summed E-state index contributed by atoms with van der Waals surface area (Å²) in [6.07, 6.45) is 5.58. The van der Waals surface area contributed by atoms with E-state index in [1.165, 1.54) is 22.5 Å². The second-order valence-electron chi connectivity index (χ2n) is 5.39. The quantitative estimate of drug-likeness (QED) is 0.868. The molecule has 116 valence electrons. The number of aryl methyl sites for hydroxylation is 1. The van der Waals surface area contributed by atoms with E-state index in [4.69, 9.17) is 0 Å². The molecule has 22 heavy (non-hydrogen) atoms. The van der Waals surface area contributed by atoms with E-state index in [1.54, 1.807) is 25.5 Å². The largest absolute Gasteiger partial charge is 0.261 e. The minimum absolute atomic E-state index is 0.0456. The summed E-state index contributed by atoms with van der Waals surface area (Å²) < 4.78 is 40.0. The van der Waals surface area contributed by atoms with Crippen molar-refractivity contribution in [2.45, 2.75) is 24.2 Å². The average molecular weight is 321 g/mol. The molecule has 0 amide bonds. The van der Waals surface area contributed by atoms with Crippen LogP contribution in [-0.4, -0.2) is 35.8 Å². The van der Waals surface area contributed by atoms with Crippen molar-refractivity contribution < 1.29 is 12.8 Å². The summed E-state index contributed by atoms with van der Waals surface area (Å²) in [7, 11) is -3.61. The topological polar surface area (TPSA) is 63.2 Å². The van der Waals surface area contributed by atoms with Crippen LogP contribution in [0, 0.1) is 12.7 Å². The van der Waals surface area contributed by atoms with Gasteiger partial charge in [-0.1, -0.05) is 0 Å². The molecular weight excluding hydrogens is 305 g/mol. The molecule has 0 bridgehead atoms. The van der Waals surface area contributed by atoms with Crippen LogP contribution in [0.4, 0.5) is 4.39 Å². The normalized spacial score (nSPS) is 19.5. The zero-order valence-electron chi connectivity index (χ0n) is 12.1. The van der Waals surface area contributed by atoms with Gasteiger partial charge >= 0.3 is 0 Å². The first-order chi connectivity index (χ1) is 10.5. The van der Waals surface area contributed by atoms with Crippen LogP contribution in [0.3, 0.4) is 0 Å². The van der Waals surface area contributed by atoms with E-state index in [1.807, 2.05) is 0 Å². The van der Waals surface area contributed by atoms with Crippen LogP contribution in [0.2, 0.25) is 0 Å². The average Bonchev–Trinajstić information content (AvgIpc) is 2.98. The third-order valence-electron chi connectivity index (χ3n) is 3.91. The molecule has 5 nitrogen and oxygen atoms in total. The molecule has 1 aromatic carbocycles. The number of hydrogen-bond donors (Lipinski definition) is 0. The van der Waals surface area contributed by atoms with Crippen LogP contribution in [0.15, 0.2) is 41.7 Å². The first-order valence-electron chi connectivity index (χ1n) is 7.00. The molecule has 1 aromatic heterocycles. The summed E-state index contributed by atoms with van der Waals surface area (Å²) in [5.74, 6) is -0.389. The Morgan fingerprint density at radius 2 is 2.14 bits per heavy atom. The highest BCUT2D eigenvalue weighted by Gasteiger charge is 2.34. The second kappa shape index (κ2) is 5.73. The van der Waals surface area contributed by atoms with E-state index in [9.17, 15) is 12.8 Å². The Morgan fingerprint density at radius 1 is 1.32 bits per heavy atom. The van der Waals surface area contributed by atoms with Crippen molar-refractivity contribution in [2.75, 3.05) is 13.1 Å². The molecule has 0 radical (unpaired) electrons. The number of hydrogen-bond acceptors (Lipinski definition) is 4. The minimum Gasteiger partial charge on any atom is -0.261 e. The van der Waals surface area contributed by atoms with Crippen molar-refractivity contribution in [3.8, 4) is 0 Å². The smallest absolute Gasteiger partial charge is 0.243 e. The van der Waals surface area contributed by atoms with Crippen LogP contribution >= 0.6 is 0 Å². The van der Waals surface area contributed by atoms with Gasteiger partial charge in [0.15, 0.2) is 0 Å². The second-order valence-corrected chi connectivity index (χ2v) is 7.30. The first kappa shape index (κ1) is 15.1. The summed E-state index contributed by atoms with van der Waals surface area (Å²) in [5.41, 5.74) is 1.22. The zero-order chi connectivity index (χ0) is 15.7. The lowest BCUT2D eigenvalue weighted by Crippen LogP contribution is -2.29. The van der Waals surface area contributed by atoms with Crippen LogP contribution in [-0.2, 0) is 10.0 Å². The molecular formula is C15H16FN3O2S. The number of halogens is 1. The highest BCUT2D eigenvalue weighted by Crippen LogP contribution is 2.30. The van der Waals surface area contributed by atoms with Gasteiger partial charge in [0, 0.05) is 37.6 Å². The Hall–Kier alpha value is -1.86. The van der Waals surface area contributed by atoms with Gasteiger partial charge in [-0.25, -0.2) is 12.8 Å². The summed E-state index contributed by atoms with van der Waals surface area (Å²) in [6.45, 7) is 2.41. The molecule has 1 aliphatic rings. The van der Waals surface area contributed by atoms with E-state index in [0.29, 0.717) is 25.1 Å². The Kier molecular flexibility index (Phi) is 3.92. The maximum absolute atomic E-state index is 13.2. The maximum Gasteiger partial charge on any atom is 0.243 e. The molecule has 1 unspecified atom stereocenters. The number of nitrogens with zero attached hydrogens (tertiary/aromatic N) is 3. The molecule has 1 saturated heterocycles. The van der Waals surface area contributed by atoms with E-state index in [2.05, 4.69) is 9.97 Å². The number of aromatic nitrogens is 2. The van der Waals surface area contributed by atoms with Gasteiger partial charge in [-0.15, -0.1) is 0 Å². The lowest BCUT2D eigenvalue weighted by atomic mass is 10.1. The first-order valence-corrected chi connectivity index (χ1v) is 8.44. The van der Waals surface area contributed by atoms with Gasteiger partial charge < -0.3 is 0 Å². The molecule has 2 aromatic rings. The molecule has 1 atom stereocenters. The number of sulfonamides is 1. The van der Waals surface area contributed by atoms with Gasteiger partial charge in [0.05, 0.1) is 10.6 Å². The van der Waals surface area contributed by atoms with Crippen LogP contribution in [0.25, 0.3) is 0 Å². The summed E-state index contributed by atoms with van der Waals surface area (Å²) in [6, 6.07) is 3.74. The summed E-state index contributed by atoms with van der Waals surface area (Å²) >= 11 is 0. The fraction of sp³-hybridized carbons (Fsp3) is 0.333. The molecule has 0 N–H and O–H groups in total. The van der Waals surface area contributed by atoms with Crippen molar-refractivity contribution in [3.05, 3.63) is 53.9 Å². The summed E-state index contributed by atoms with van der Waals surface area (Å²) in [5, 5.41) is 0. The van der Waals surface area contributed by atoms with Gasteiger partial charge in [-0.3, -0.25) is 9.97 Å². The van der Waals surface area contributed by atoms with Gasteiger partial charge in [0.1, 0.15) is 5.82 Å². The zero-order valence-corrected chi connectivity index (χ0v) is 12.9. The van der Waals surface area contributed by atoms with Crippen LogP contribution in [0.1, 0.15) is 23.6 Å². The van der Waals surface area contributed by atoms with E-state index in [0.717, 1.165) is 5.69 Å². The Morgan fingerprint density at radius 3 is 2.82 bits per heavy atom. The van der Waals surface area contributed by atoms with Crippen molar-refractivity contribution in [1.29, 1.82) is 0 Å². The highest BCUT2D eigenvalue weighted by atomic mass is 32.2. The Labute approximate surface area is 128 Å². The van der Waals surface area contributed by atoms with E-state index < -0.39 is 15.8 Å². The van der Waals surface area contributed by atoms with Gasteiger partial charge in [-0.05, 0) is 37.1 Å². The van der Waals surface area contributed by atoms with Crippen molar-refractivity contribution in [2.24, 2.45) is 0 Å². The lowest BCUT2D eigenvalue weighted by Gasteiger charge is -2.18. The number of benzene rings is 1. The van der Waals surface area contributed by atoms with Crippen LogP contribution < -0.4 is 0 Å². The monoisotopic (exact) mass is 321 g/mol. The predicted molar refractivity (Wildman–Crippen MR) is 79.3 cm³/mol. The maximum atomic E-state index is 13.2. The molecule has 7 heteroatoms. The predicted octanol–water partition coefficient (Wildman–Crippen LogP) is 2.10. The third-order valence-corrected chi connectivity index (χ3v) is 5.93. The third kappa shape index (κ3) is 2.74. The molecule has 2 heterocycles. The van der Waals surface area contributed by atoms with Crippen molar-refractivity contribution in [1.82, 2.24) is 14.3 Å². The number of rotatable bonds is 3. The lowest BCUT2D eigenvalue weighted by molar-refractivity contribution is 0.471. The fourth-order valence-electron chi connectivity index (χ4n) is 2.75. The molecule has 0 saturated carbocycles. The fourth-order valence-corrected chi connectivity index (χ4v) is 4.46.